The minimum Gasteiger partial charge on any atom is -0.324 e. The van der Waals surface area contributed by atoms with Gasteiger partial charge < -0.3 is 5.32 Å². The molecule has 186 valence electrons. The topological polar surface area (TPSA) is 101 Å². The highest BCUT2D eigenvalue weighted by molar-refractivity contribution is 7.89. The van der Waals surface area contributed by atoms with E-state index in [4.69, 9.17) is 0 Å². The number of nitrogens with zero attached hydrogens (tertiary/aromatic N) is 3. The van der Waals surface area contributed by atoms with Crippen molar-refractivity contribution in [3.63, 3.8) is 0 Å². The highest BCUT2D eigenvalue weighted by Crippen LogP contribution is 2.26. The van der Waals surface area contributed by atoms with Crippen LogP contribution in [0.25, 0.3) is 11.3 Å². The van der Waals surface area contributed by atoms with Crippen LogP contribution in [0.5, 0.6) is 0 Å². The predicted octanol–water partition coefficient (Wildman–Crippen LogP) is 4.01. The lowest BCUT2D eigenvalue weighted by atomic mass is 10.1. The van der Waals surface area contributed by atoms with Crippen LogP contribution in [0.4, 0.5) is 5.69 Å². The number of aryl methyl sites for hydroxylation is 2. The maximum Gasteiger partial charge on any atom is 0.267 e. The lowest BCUT2D eigenvalue weighted by Crippen LogP contribution is -2.33. The van der Waals surface area contributed by atoms with Gasteiger partial charge in [0.1, 0.15) is 6.04 Å². The van der Waals surface area contributed by atoms with Crippen LogP contribution in [0.2, 0.25) is 0 Å². The molecule has 1 amide bonds. The van der Waals surface area contributed by atoms with Gasteiger partial charge in [-0.25, -0.2) is 13.1 Å². The molecule has 0 fully saturated rings. The van der Waals surface area contributed by atoms with Crippen molar-refractivity contribution in [2.45, 2.75) is 52.0 Å². The molecule has 2 aromatic carbocycles. The molecule has 1 heterocycles. The van der Waals surface area contributed by atoms with Gasteiger partial charge in [0, 0.05) is 30.4 Å². The zero-order valence-electron chi connectivity index (χ0n) is 20.8. The number of para-hydroxylation sites is 1. The molecule has 35 heavy (non-hydrogen) atoms. The standard InChI is InChI=1S/C26H32N4O4S/c1-6-20-11-9-10-12-22(20)27-26(32)19(5)30-25(31)16-15-23(28-30)21-14-13-18(4)24(17-21)35(33,34)29(7-2)8-3/h9-17,19H,6-8H2,1-5H3,(H,27,32). The number of amides is 1. The number of rotatable bonds is 9. The van der Waals surface area contributed by atoms with E-state index in [1.165, 1.54) is 16.4 Å². The number of carbonyl (C=O) groups excluding carboxylic acids is 1. The quantitative estimate of drug-likeness (QED) is 0.482. The molecule has 3 aromatic rings. The van der Waals surface area contributed by atoms with E-state index in [1.807, 2.05) is 31.2 Å². The number of carbonyl (C=O) groups is 1. The molecular weight excluding hydrogens is 464 g/mol. The SMILES string of the molecule is CCc1ccccc1NC(=O)C(C)n1nc(-c2ccc(C)c(S(=O)(=O)N(CC)CC)c2)ccc1=O. The fourth-order valence-electron chi connectivity index (χ4n) is 3.90. The molecule has 3 rings (SSSR count). The van der Waals surface area contributed by atoms with Gasteiger partial charge in [-0.15, -0.1) is 0 Å². The molecule has 0 radical (unpaired) electrons. The average Bonchev–Trinajstić information content (AvgIpc) is 2.85. The van der Waals surface area contributed by atoms with Gasteiger partial charge in [-0.05, 0) is 49.6 Å². The Kier molecular flexibility index (Phi) is 8.24. The van der Waals surface area contributed by atoms with Crippen molar-refractivity contribution in [3.8, 4) is 11.3 Å². The van der Waals surface area contributed by atoms with E-state index in [9.17, 15) is 18.0 Å². The van der Waals surface area contributed by atoms with Crippen molar-refractivity contribution >= 4 is 21.6 Å². The Hall–Kier alpha value is -3.30. The largest absolute Gasteiger partial charge is 0.324 e. The first-order valence-electron chi connectivity index (χ1n) is 11.7. The van der Waals surface area contributed by atoms with Gasteiger partial charge >= 0.3 is 0 Å². The van der Waals surface area contributed by atoms with Crippen molar-refractivity contribution < 1.29 is 13.2 Å². The molecule has 0 spiro atoms. The lowest BCUT2D eigenvalue weighted by Gasteiger charge is -2.20. The molecule has 0 saturated heterocycles. The number of benzene rings is 2. The van der Waals surface area contributed by atoms with Crippen molar-refractivity contribution in [2.75, 3.05) is 18.4 Å². The summed E-state index contributed by atoms with van der Waals surface area (Å²) in [6.07, 6.45) is 0.755. The number of aromatic nitrogens is 2. The number of nitrogens with one attached hydrogen (secondary N) is 1. The van der Waals surface area contributed by atoms with Crippen LogP contribution in [-0.4, -0.2) is 41.5 Å². The predicted molar refractivity (Wildman–Crippen MR) is 138 cm³/mol. The maximum atomic E-state index is 13.1. The summed E-state index contributed by atoms with van der Waals surface area (Å²) in [4.78, 5) is 25.7. The summed E-state index contributed by atoms with van der Waals surface area (Å²) in [5, 5.41) is 7.31. The van der Waals surface area contributed by atoms with Crippen molar-refractivity contribution in [1.29, 1.82) is 0 Å². The van der Waals surface area contributed by atoms with E-state index in [0.717, 1.165) is 16.7 Å². The average molecular weight is 497 g/mol. The van der Waals surface area contributed by atoms with Gasteiger partial charge in [0.05, 0.1) is 10.6 Å². The molecule has 1 aromatic heterocycles. The molecule has 1 unspecified atom stereocenters. The van der Waals surface area contributed by atoms with Crippen LogP contribution < -0.4 is 10.9 Å². The zero-order valence-corrected chi connectivity index (χ0v) is 21.6. The first-order chi connectivity index (χ1) is 16.6. The Balaban J connectivity index is 1.98. The Morgan fingerprint density at radius 1 is 1.06 bits per heavy atom. The molecule has 0 bridgehead atoms. The number of hydrogen-bond acceptors (Lipinski definition) is 5. The summed E-state index contributed by atoms with van der Waals surface area (Å²) in [6.45, 7) is 9.66. The number of hydrogen-bond donors (Lipinski definition) is 1. The minimum absolute atomic E-state index is 0.195. The fraction of sp³-hybridized carbons (Fsp3) is 0.346. The van der Waals surface area contributed by atoms with E-state index in [2.05, 4.69) is 10.4 Å². The second kappa shape index (κ2) is 11.0. The minimum atomic E-state index is -3.68. The summed E-state index contributed by atoms with van der Waals surface area (Å²) in [5.74, 6) is -0.369. The zero-order chi connectivity index (χ0) is 25.8. The Morgan fingerprint density at radius 3 is 2.40 bits per heavy atom. The summed E-state index contributed by atoms with van der Waals surface area (Å²) in [5.41, 5.74) is 2.82. The third-order valence-corrected chi connectivity index (χ3v) is 8.23. The summed E-state index contributed by atoms with van der Waals surface area (Å²) >= 11 is 0. The third-order valence-electron chi connectivity index (χ3n) is 6.03. The monoisotopic (exact) mass is 496 g/mol. The molecule has 8 nitrogen and oxygen atoms in total. The Bertz CT molecular complexity index is 1380. The highest BCUT2D eigenvalue weighted by Gasteiger charge is 2.25. The van der Waals surface area contributed by atoms with E-state index in [-0.39, 0.29) is 10.8 Å². The van der Waals surface area contributed by atoms with E-state index in [0.29, 0.717) is 35.6 Å². The second-order valence-electron chi connectivity index (χ2n) is 8.25. The molecular formula is C26H32N4O4S. The van der Waals surface area contributed by atoms with Gasteiger partial charge in [0.15, 0.2) is 0 Å². The van der Waals surface area contributed by atoms with E-state index in [1.54, 1.807) is 45.9 Å². The number of sulfonamides is 1. The van der Waals surface area contributed by atoms with Crippen LogP contribution >= 0.6 is 0 Å². The van der Waals surface area contributed by atoms with Gasteiger partial charge in [0.25, 0.3) is 5.56 Å². The highest BCUT2D eigenvalue weighted by atomic mass is 32.2. The Labute approximate surface area is 206 Å². The molecule has 0 aliphatic rings. The second-order valence-corrected chi connectivity index (χ2v) is 10.2. The molecule has 0 aliphatic heterocycles. The maximum absolute atomic E-state index is 13.1. The van der Waals surface area contributed by atoms with Crippen LogP contribution in [0, 0.1) is 6.92 Å². The van der Waals surface area contributed by atoms with Gasteiger partial charge in [-0.2, -0.15) is 9.40 Å². The van der Waals surface area contributed by atoms with E-state index >= 15 is 0 Å². The molecule has 1 N–H and O–H groups in total. The third kappa shape index (κ3) is 5.52. The van der Waals surface area contributed by atoms with Crippen LogP contribution in [0.1, 0.15) is 44.9 Å². The first-order valence-corrected chi connectivity index (χ1v) is 13.2. The summed E-state index contributed by atoms with van der Waals surface area (Å²) < 4.78 is 28.8. The fourth-order valence-corrected chi connectivity index (χ4v) is 5.60. The molecule has 9 heteroatoms. The smallest absolute Gasteiger partial charge is 0.267 e. The number of anilines is 1. The molecule has 1 atom stereocenters. The Morgan fingerprint density at radius 2 is 1.74 bits per heavy atom. The van der Waals surface area contributed by atoms with Crippen molar-refractivity contribution in [2.24, 2.45) is 0 Å². The normalized spacial score (nSPS) is 12.5. The first kappa shape index (κ1) is 26.3. The summed E-state index contributed by atoms with van der Waals surface area (Å²) in [7, 11) is -3.68. The van der Waals surface area contributed by atoms with E-state index < -0.39 is 21.6 Å². The van der Waals surface area contributed by atoms with Crippen molar-refractivity contribution in [1.82, 2.24) is 14.1 Å². The van der Waals surface area contributed by atoms with Crippen molar-refractivity contribution in [3.05, 3.63) is 76.1 Å². The van der Waals surface area contributed by atoms with Crippen LogP contribution in [0.15, 0.2) is 64.3 Å². The summed E-state index contributed by atoms with van der Waals surface area (Å²) in [6, 6.07) is 14.6. The van der Waals surface area contributed by atoms with Crippen LogP contribution in [0.3, 0.4) is 0 Å². The lowest BCUT2D eigenvalue weighted by molar-refractivity contribution is -0.119. The molecule has 0 aliphatic carbocycles. The van der Waals surface area contributed by atoms with Crippen LogP contribution in [-0.2, 0) is 21.2 Å². The van der Waals surface area contributed by atoms with Gasteiger partial charge in [-0.3, -0.25) is 9.59 Å². The van der Waals surface area contributed by atoms with Gasteiger partial charge in [0.2, 0.25) is 15.9 Å². The van der Waals surface area contributed by atoms with Gasteiger partial charge in [-0.1, -0.05) is 51.1 Å². The molecule has 0 saturated carbocycles.